The predicted octanol–water partition coefficient (Wildman–Crippen LogP) is 5.31. The summed E-state index contributed by atoms with van der Waals surface area (Å²) in [6, 6.07) is 15.8. The number of thiazole rings is 1. The maximum atomic E-state index is 11.1. The van der Waals surface area contributed by atoms with Gasteiger partial charge in [-0.05, 0) is 55.2 Å². The molecular formula is C25H27N2O2S+. The summed E-state index contributed by atoms with van der Waals surface area (Å²) in [6.07, 6.45) is 8.39. The van der Waals surface area contributed by atoms with Crippen LogP contribution in [0.1, 0.15) is 54.7 Å². The second-order valence-corrected chi connectivity index (χ2v) is 9.31. The molecule has 0 radical (unpaired) electrons. The van der Waals surface area contributed by atoms with Gasteiger partial charge >= 0.3 is 5.97 Å². The minimum Gasteiger partial charge on any atom is -0.481 e. The number of fused-ring (bicyclic) bond motifs is 4. The number of carboxylic acid groups (broad SMARTS) is 1. The van der Waals surface area contributed by atoms with E-state index in [1.165, 1.54) is 40.8 Å². The average Bonchev–Trinajstić information content (AvgIpc) is 3.43. The Bertz CT molecular complexity index is 1130. The molecule has 5 rings (SSSR count). The molecule has 2 heterocycles. The lowest BCUT2D eigenvalue weighted by Gasteiger charge is -2.25. The van der Waals surface area contributed by atoms with Crippen LogP contribution in [0, 0.1) is 0 Å². The van der Waals surface area contributed by atoms with Crippen molar-refractivity contribution in [2.24, 2.45) is 0 Å². The molecule has 4 nitrogen and oxygen atoms in total. The van der Waals surface area contributed by atoms with Gasteiger partial charge in [-0.15, -0.1) is 0 Å². The molecule has 2 unspecified atom stereocenters. The Morgan fingerprint density at radius 2 is 2.10 bits per heavy atom. The van der Waals surface area contributed by atoms with E-state index in [1.807, 2.05) is 12.1 Å². The van der Waals surface area contributed by atoms with Crippen molar-refractivity contribution in [3.05, 3.63) is 58.6 Å². The summed E-state index contributed by atoms with van der Waals surface area (Å²) in [4.78, 5) is 13.7. The highest BCUT2D eigenvalue weighted by Crippen LogP contribution is 2.49. The molecule has 0 amide bonds. The zero-order chi connectivity index (χ0) is 20.7. The van der Waals surface area contributed by atoms with E-state index in [2.05, 4.69) is 58.9 Å². The zero-order valence-corrected chi connectivity index (χ0v) is 18.1. The summed E-state index contributed by atoms with van der Waals surface area (Å²) in [6.45, 7) is 3.82. The molecule has 154 valence electrons. The lowest BCUT2D eigenvalue weighted by Crippen LogP contribution is -2.36. The predicted molar refractivity (Wildman–Crippen MR) is 123 cm³/mol. The lowest BCUT2D eigenvalue weighted by molar-refractivity contribution is -0.667. The number of aryl methyl sites for hydroxylation is 1. The second-order valence-electron chi connectivity index (χ2n) is 8.25. The van der Waals surface area contributed by atoms with E-state index in [0.29, 0.717) is 18.5 Å². The Morgan fingerprint density at radius 1 is 1.23 bits per heavy atom. The van der Waals surface area contributed by atoms with Crippen LogP contribution in [0.3, 0.4) is 0 Å². The Morgan fingerprint density at radius 3 is 2.93 bits per heavy atom. The van der Waals surface area contributed by atoms with Crippen LogP contribution in [0.5, 0.6) is 0 Å². The molecule has 2 atom stereocenters. The molecule has 1 saturated carbocycles. The number of hydrogen-bond donors (Lipinski definition) is 1. The van der Waals surface area contributed by atoms with E-state index in [9.17, 15) is 4.79 Å². The van der Waals surface area contributed by atoms with E-state index in [0.717, 1.165) is 17.1 Å². The number of carbonyl (C=O) groups is 1. The Kier molecular flexibility index (Phi) is 5.07. The highest BCUT2D eigenvalue weighted by atomic mass is 32.1. The van der Waals surface area contributed by atoms with Crippen LogP contribution in [-0.2, 0) is 11.3 Å². The normalized spacial score (nSPS) is 20.2. The van der Waals surface area contributed by atoms with Crippen LogP contribution in [0.15, 0.2) is 42.5 Å². The number of carboxylic acids is 1. The van der Waals surface area contributed by atoms with Gasteiger partial charge in [0.25, 0.3) is 5.01 Å². The summed E-state index contributed by atoms with van der Waals surface area (Å²) < 4.78 is 3.31. The molecule has 1 aliphatic carbocycles. The number of aromatic nitrogens is 1. The number of para-hydroxylation sites is 1. The molecule has 0 bridgehead atoms. The molecule has 1 aromatic heterocycles. The van der Waals surface area contributed by atoms with Crippen molar-refractivity contribution in [3.63, 3.8) is 0 Å². The van der Waals surface area contributed by atoms with Crippen molar-refractivity contribution in [2.45, 2.75) is 51.1 Å². The summed E-state index contributed by atoms with van der Waals surface area (Å²) in [5.41, 5.74) is 5.25. The SMILES string of the molecule is CCN1c2ccc(C=Cc3sc4ccccc4[n+]3CCC(=O)O)cc2C2CCCC21. The van der Waals surface area contributed by atoms with Gasteiger partial charge in [-0.2, -0.15) is 4.57 Å². The number of aliphatic carboxylic acids is 1. The topological polar surface area (TPSA) is 44.4 Å². The van der Waals surface area contributed by atoms with Crippen molar-refractivity contribution in [2.75, 3.05) is 11.4 Å². The fourth-order valence-electron chi connectivity index (χ4n) is 5.28. The number of nitrogens with zero attached hydrogens (tertiary/aromatic N) is 2. The van der Waals surface area contributed by atoms with E-state index >= 15 is 0 Å². The van der Waals surface area contributed by atoms with Crippen molar-refractivity contribution >= 4 is 45.4 Å². The third-order valence-corrected chi connectivity index (χ3v) is 7.72. The fourth-order valence-corrected chi connectivity index (χ4v) is 6.37. The number of hydrogen-bond acceptors (Lipinski definition) is 3. The Balaban J connectivity index is 1.48. The van der Waals surface area contributed by atoms with Gasteiger partial charge in [0.15, 0.2) is 6.54 Å². The maximum Gasteiger partial charge on any atom is 0.309 e. The van der Waals surface area contributed by atoms with Gasteiger partial charge in [-0.1, -0.05) is 36.0 Å². The zero-order valence-electron chi connectivity index (χ0n) is 17.3. The third-order valence-electron chi connectivity index (χ3n) is 6.59. The quantitative estimate of drug-likeness (QED) is 0.551. The minimum atomic E-state index is -0.766. The van der Waals surface area contributed by atoms with Crippen molar-refractivity contribution in [1.82, 2.24) is 0 Å². The molecule has 2 aromatic carbocycles. The average molecular weight is 420 g/mol. The molecule has 1 N–H and O–H groups in total. The smallest absolute Gasteiger partial charge is 0.309 e. The highest BCUT2D eigenvalue weighted by molar-refractivity contribution is 7.18. The lowest BCUT2D eigenvalue weighted by atomic mass is 9.96. The Hall–Kier alpha value is -2.66. The second kappa shape index (κ2) is 7.88. The van der Waals surface area contributed by atoms with Crippen LogP contribution in [0.2, 0.25) is 0 Å². The van der Waals surface area contributed by atoms with Crippen LogP contribution in [0.25, 0.3) is 22.4 Å². The monoisotopic (exact) mass is 419 g/mol. The van der Waals surface area contributed by atoms with Crippen LogP contribution in [0.4, 0.5) is 5.69 Å². The number of likely N-dealkylation sites (N-methyl/N-ethyl adjacent to an activating group) is 1. The van der Waals surface area contributed by atoms with E-state index < -0.39 is 5.97 Å². The highest BCUT2D eigenvalue weighted by Gasteiger charge is 2.40. The van der Waals surface area contributed by atoms with Crippen LogP contribution < -0.4 is 9.47 Å². The summed E-state index contributed by atoms with van der Waals surface area (Å²) in [5.74, 6) is -0.0870. The molecule has 30 heavy (non-hydrogen) atoms. The largest absolute Gasteiger partial charge is 0.481 e. The van der Waals surface area contributed by atoms with Crippen LogP contribution >= 0.6 is 11.3 Å². The molecule has 5 heteroatoms. The number of benzene rings is 2. The first-order valence-electron chi connectivity index (χ1n) is 10.9. The minimum absolute atomic E-state index is 0.126. The third kappa shape index (κ3) is 3.31. The standard InChI is InChI=1S/C25H26N2O2S/c1-2-26-20-8-5-6-18(20)19-16-17(10-12-21(19)26)11-13-24-27(15-14-25(28)29)22-7-3-4-9-23(22)30-24/h3-4,7,9-13,16,18,20H,2,5-6,8,14-15H2,1H3/p+1. The van der Waals surface area contributed by atoms with Gasteiger partial charge in [0.2, 0.25) is 5.52 Å². The summed E-state index contributed by atoms with van der Waals surface area (Å²) in [7, 11) is 0. The molecular weight excluding hydrogens is 392 g/mol. The van der Waals surface area contributed by atoms with Gasteiger partial charge in [0, 0.05) is 36.3 Å². The van der Waals surface area contributed by atoms with Gasteiger partial charge in [0.1, 0.15) is 11.1 Å². The summed E-state index contributed by atoms with van der Waals surface area (Å²) >= 11 is 1.71. The molecule has 1 aliphatic heterocycles. The summed E-state index contributed by atoms with van der Waals surface area (Å²) in [5, 5.41) is 10.2. The molecule has 3 aromatic rings. The molecule has 0 saturated heterocycles. The number of rotatable bonds is 6. The first-order chi connectivity index (χ1) is 14.7. The Labute approximate surface area is 181 Å². The van der Waals surface area contributed by atoms with Crippen LogP contribution in [-0.4, -0.2) is 23.7 Å². The first-order valence-corrected chi connectivity index (χ1v) is 11.7. The van der Waals surface area contributed by atoms with Crippen molar-refractivity contribution in [3.8, 4) is 0 Å². The number of anilines is 1. The van der Waals surface area contributed by atoms with Crippen molar-refractivity contribution in [1.29, 1.82) is 0 Å². The maximum absolute atomic E-state index is 11.1. The van der Waals surface area contributed by atoms with E-state index in [4.69, 9.17) is 5.11 Å². The molecule has 1 fully saturated rings. The van der Waals surface area contributed by atoms with Gasteiger partial charge in [-0.25, -0.2) is 0 Å². The molecule has 0 spiro atoms. The van der Waals surface area contributed by atoms with Gasteiger partial charge < -0.3 is 10.0 Å². The van der Waals surface area contributed by atoms with E-state index in [1.54, 1.807) is 11.3 Å². The fraction of sp³-hybridized carbons (Fsp3) is 0.360. The first kappa shape index (κ1) is 19.3. The molecule has 2 aliphatic rings. The van der Waals surface area contributed by atoms with E-state index in [-0.39, 0.29) is 6.42 Å². The van der Waals surface area contributed by atoms with Gasteiger partial charge in [-0.3, -0.25) is 4.79 Å². The van der Waals surface area contributed by atoms with Gasteiger partial charge in [0.05, 0.1) is 0 Å². The van der Waals surface area contributed by atoms with Crippen molar-refractivity contribution < 1.29 is 14.5 Å².